The van der Waals surface area contributed by atoms with Crippen molar-refractivity contribution in [2.45, 2.75) is 19.8 Å². The highest BCUT2D eigenvalue weighted by Crippen LogP contribution is 2.24. The Balaban J connectivity index is 2.06. The maximum Gasteiger partial charge on any atom is 0.270 e. The number of carbonyl (C=O) groups is 1. The lowest BCUT2D eigenvalue weighted by Gasteiger charge is -2.00. The van der Waals surface area contributed by atoms with Crippen LogP contribution in [0.2, 0.25) is 5.02 Å². The summed E-state index contributed by atoms with van der Waals surface area (Å²) in [7, 11) is 0. The van der Waals surface area contributed by atoms with E-state index in [1.807, 2.05) is 24.3 Å². The van der Waals surface area contributed by atoms with Gasteiger partial charge in [0, 0.05) is 22.5 Å². The van der Waals surface area contributed by atoms with Crippen LogP contribution in [0.1, 0.15) is 30.3 Å². The van der Waals surface area contributed by atoms with Crippen molar-refractivity contribution in [2.75, 3.05) is 6.54 Å². The van der Waals surface area contributed by atoms with Crippen molar-refractivity contribution < 1.29 is 4.79 Å². The molecule has 1 amide bonds. The van der Waals surface area contributed by atoms with Gasteiger partial charge in [0.1, 0.15) is 10.7 Å². The number of hydrogen-bond donors (Lipinski definition) is 1. The summed E-state index contributed by atoms with van der Waals surface area (Å²) in [6.07, 6.45) is 2.05. The first-order valence-electron chi connectivity index (χ1n) is 6.20. The van der Waals surface area contributed by atoms with E-state index in [9.17, 15) is 4.79 Å². The molecular weight excluding hydrogens is 280 g/mol. The van der Waals surface area contributed by atoms with Gasteiger partial charge in [-0.25, -0.2) is 4.98 Å². The number of nitrogens with zero attached hydrogens (tertiary/aromatic N) is 1. The third-order valence-electron chi connectivity index (χ3n) is 2.64. The third kappa shape index (κ3) is 3.78. The quantitative estimate of drug-likeness (QED) is 0.847. The molecule has 0 bridgehead atoms. The molecular formula is C14H15ClN2OS. The van der Waals surface area contributed by atoms with E-state index in [1.54, 1.807) is 5.38 Å². The molecule has 2 aromatic rings. The van der Waals surface area contributed by atoms with Crippen LogP contribution < -0.4 is 5.32 Å². The van der Waals surface area contributed by atoms with Gasteiger partial charge in [-0.3, -0.25) is 4.79 Å². The molecule has 0 radical (unpaired) electrons. The van der Waals surface area contributed by atoms with Crippen LogP contribution in [0.4, 0.5) is 0 Å². The summed E-state index contributed by atoms with van der Waals surface area (Å²) in [6.45, 7) is 2.79. The number of thiazole rings is 1. The lowest BCUT2D eigenvalue weighted by molar-refractivity contribution is 0.0949. The van der Waals surface area contributed by atoms with E-state index in [4.69, 9.17) is 11.6 Å². The molecule has 0 unspecified atom stereocenters. The Labute approximate surface area is 121 Å². The van der Waals surface area contributed by atoms with E-state index in [1.165, 1.54) is 11.3 Å². The number of unbranched alkanes of at least 4 members (excludes halogenated alkanes) is 1. The molecule has 0 saturated heterocycles. The van der Waals surface area contributed by atoms with E-state index >= 15 is 0 Å². The second-order valence-electron chi connectivity index (χ2n) is 4.15. The molecule has 0 aliphatic heterocycles. The zero-order valence-electron chi connectivity index (χ0n) is 10.6. The fraction of sp³-hybridized carbons (Fsp3) is 0.286. The zero-order valence-corrected chi connectivity index (χ0v) is 12.2. The van der Waals surface area contributed by atoms with Crippen molar-refractivity contribution in [3.8, 4) is 10.6 Å². The molecule has 3 nitrogen and oxygen atoms in total. The summed E-state index contributed by atoms with van der Waals surface area (Å²) in [4.78, 5) is 16.2. The molecule has 0 aliphatic rings. The molecule has 1 aromatic carbocycles. The Morgan fingerprint density at radius 3 is 2.79 bits per heavy atom. The molecule has 19 heavy (non-hydrogen) atoms. The second-order valence-corrected chi connectivity index (χ2v) is 5.45. The SMILES string of the molecule is CCCCNC(=O)c1csc(-c2ccc(Cl)cc2)n1. The zero-order chi connectivity index (χ0) is 13.7. The van der Waals surface area contributed by atoms with Crippen molar-refractivity contribution in [3.63, 3.8) is 0 Å². The van der Waals surface area contributed by atoms with E-state index in [0.29, 0.717) is 17.3 Å². The van der Waals surface area contributed by atoms with Gasteiger partial charge in [-0.1, -0.05) is 37.1 Å². The van der Waals surface area contributed by atoms with Crippen molar-refractivity contribution in [3.05, 3.63) is 40.4 Å². The minimum Gasteiger partial charge on any atom is -0.351 e. The summed E-state index contributed by atoms with van der Waals surface area (Å²) >= 11 is 7.31. The van der Waals surface area contributed by atoms with Gasteiger partial charge in [0.2, 0.25) is 0 Å². The average Bonchev–Trinajstić information content (AvgIpc) is 2.89. The van der Waals surface area contributed by atoms with Crippen LogP contribution >= 0.6 is 22.9 Å². The first-order chi connectivity index (χ1) is 9.20. The summed E-state index contributed by atoms with van der Waals surface area (Å²) in [5.41, 5.74) is 1.45. The topological polar surface area (TPSA) is 42.0 Å². The summed E-state index contributed by atoms with van der Waals surface area (Å²) in [5.74, 6) is -0.107. The molecule has 0 fully saturated rings. The Morgan fingerprint density at radius 1 is 1.37 bits per heavy atom. The normalized spacial score (nSPS) is 10.4. The smallest absolute Gasteiger partial charge is 0.270 e. The summed E-state index contributed by atoms with van der Waals surface area (Å²) in [5, 5.41) is 6.16. The molecule has 2 rings (SSSR count). The molecule has 100 valence electrons. The average molecular weight is 295 g/mol. The Kier molecular flexibility index (Phi) is 4.93. The van der Waals surface area contributed by atoms with Crippen molar-refractivity contribution in [1.82, 2.24) is 10.3 Å². The first kappa shape index (κ1) is 14.0. The number of carbonyl (C=O) groups excluding carboxylic acids is 1. The maximum atomic E-state index is 11.8. The Bertz CT molecular complexity index is 551. The number of amides is 1. The number of halogens is 1. The fourth-order valence-corrected chi connectivity index (χ4v) is 2.50. The number of nitrogens with one attached hydrogen (secondary N) is 1. The van der Waals surface area contributed by atoms with E-state index < -0.39 is 0 Å². The van der Waals surface area contributed by atoms with Crippen LogP contribution in [0.25, 0.3) is 10.6 Å². The predicted octanol–water partition coefficient (Wildman–Crippen LogP) is 3.99. The maximum absolute atomic E-state index is 11.8. The lowest BCUT2D eigenvalue weighted by Crippen LogP contribution is -2.24. The highest BCUT2D eigenvalue weighted by molar-refractivity contribution is 7.13. The number of hydrogen-bond acceptors (Lipinski definition) is 3. The fourth-order valence-electron chi connectivity index (χ4n) is 1.57. The minimum atomic E-state index is -0.107. The molecule has 1 heterocycles. The van der Waals surface area contributed by atoms with Gasteiger partial charge in [0.15, 0.2) is 0 Å². The molecule has 0 atom stereocenters. The lowest BCUT2D eigenvalue weighted by atomic mass is 10.2. The van der Waals surface area contributed by atoms with Crippen LogP contribution in [0.15, 0.2) is 29.6 Å². The largest absolute Gasteiger partial charge is 0.351 e. The van der Waals surface area contributed by atoms with E-state index in [0.717, 1.165) is 23.4 Å². The van der Waals surface area contributed by atoms with Gasteiger partial charge in [-0.15, -0.1) is 11.3 Å². The van der Waals surface area contributed by atoms with Gasteiger partial charge in [-0.2, -0.15) is 0 Å². The van der Waals surface area contributed by atoms with Gasteiger partial charge in [-0.05, 0) is 18.6 Å². The minimum absolute atomic E-state index is 0.107. The van der Waals surface area contributed by atoms with Gasteiger partial charge < -0.3 is 5.32 Å². The molecule has 0 aliphatic carbocycles. The molecule has 1 aromatic heterocycles. The monoisotopic (exact) mass is 294 g/mol. The van der Waals surface area contributed by atoms with Crippen molar-refractivity contribution in [2.24, 2.45) is 0 Å². The third-order valence-corrected chi connectivity index (χ3v) is 3.79. The number of aromatic nitrogens is 1. The Morgan fingerprint density at radius 2 is 2.11 bits per heavy atom. The van der Waals surface area contributed by atoms with Gasteiger partial charge >= 0.3 is 0 Å². The molecule has 5 heteroatoms. The Hall–Kier alpha value is -1.39. The van der Waals surface area contributed by atoms with Crippen LogP contribution in [0, 0.1) is 0 Å². The van der Waals surface area contributed by atoms with Crippen LogP contribution in [0.3, 0.4) is 0 Å². The number of benzene rings is 1. The highest BCUT2D eigenvalue weighted by atomic mass is 35.5. The second kappa shape index (κ2) is 6.68. The molecule has 0 saturated carbocycles. The van der Waals surface area contributed by atoms with Gasteiger partial charge in [0.05, 0.1) is 0 Å². The van der Waals surface area contributed by atoms with Crippen molar-refractivity contribution in [1.29, 1.82) is 0 Å². The van der Waals surface area contributed by atoms with Crippen molar-refractivity contribution >= 4 is 28.8 Å². The first-order valence-corrected chi connectivity index (χ1v) is 7.46. The van der Waals surface area contributed by atoms with Crippen LogP contribution in [-0.2, 0) is 0 Å². The van der Waals surface area contributed by atoms with Gasteiger partial charge in [0.25, 0.3) is 5.91 Å². The molecule has 0 spiro atoms. The molecule has 1 N–H and O–H groups in total. The van der Waals surface area contributed by atoms with Crippen LogP contribution in [0.5, 0.6) is 0 Å². The van der Waals surface area contributed by atoms with E-state index in [2.05, 4.69) is 17.2 Å². The highest BCUT2D eigenvalue weighted by Gasteiger charge is 2.11. The predicted molar refractivity (Wildman–Crippen MR) is 79.8 cm³/mol. The standard InChI is InChI=1S/C14H15ClN2OS/c1-2-3-8-16-13(18)12-9-19-14(17-12)10-4-6-11(15)7-5-10/h4-7,9H,2-3,8H2,1H3,(H,16,18). The summed E-state index contributed by atoms with van der Waals surface area (Å²) in [6, 6.07) is 7.44. The number of rotatable bonds is 5. The van der Waals surface area contributed by atoms with E-state index in [-0.39, 0.29) is 5.91 Å². The summed E-state index contributed by atoms with van der Waals surface area (Å²) < 4.78 is 0. The van der Waals surface area contributed by atoms with Crippen LogP contribution in [-0.4, -0.2) is 17.4 Å².